The Labute approximate surface area is 41.6 Å². The summed E-state index contributed by atoms with van der Waals surface area (Å²) in [6, 6.07) is 0. The van der Waals surface area contributed by atoms with Gasteiger partial charge in [-0.15, -0.1) is 0 Å². The molecule has 0 heterocycles. The highest BCUT2D eigenvalue weighted by Gasteiger charge is 2.14. The van der Waals surface area contributed by atoms with Gasteiger partial charge in [0.25, 0.3) is 0 Å². The van der Waals surface area contributed by atoms with Crippen LogP contribution in [0.1, 0.15) is 0 Å². The van der Waals surface area contributed by atoms with E-state index >= 15 is 0 Å². The first kappa shape index (κ1) is 5.47. The zero-order valence-corrected chi connectivity index (χ0v) is 3.42. The molecule has 0 aliphatic rings. The first-order valence-corrected chi connectivity index (χ1v) is 1.45. The number of nitrogens with zero attached hydrogens (tertiary/aromatic N) is 3. The van der Waals surface area contributed by atoms with E-state index in [0.29, 0.717) is 0 Å². The van der Waals surface area contributed by atoms with E-state index in [1.54, 1.807) is 0 Å². The number of rotatable bonds is 0. The molecular formula is C4HN3. The maximum absolute atomic E-state index is 6.16. The smallest absolute Gasteiger partial charge is 0.215 e. The molecule has 0 unspecified atom stereocenters. The Morgan fingerprint density at radius 1 is 0.857 bits per heavy atom. The zero-order valence-electron chi connectivity index (χ0n) is 3.42. The normalized spacial score (nSPS) is 6.00. The number of hydrogen-bond donors (Lipinski definition) is 0. The minimum atomic E-state index is -1.14. The van der Waals surface area contributed by atoms with Gasteiger partial charge in [0.05, 0.1) is 0 Å². The maximum Gasteiger partial charge on any atom is 0.746 e. The fourth-order valence-corrected chi connectivity index (χ4v) is 0.0866. The summed E-state index contributed by atoms with van der Waals surface area (Å²) in [5, 5.41) is 0. The maximum atomic E-state index is 6.16. The summed E-state index contributed by atoms with van der Waals surface area (Å²) in [5.41, 5.74) is 0. The molecular weight excluding hydrogens is 90.1 g/mol. The van der Waals surface area contributed by atoms with Crippen LogP contribution in [0.2, 0.25) is 0 Å². The fourth-order valence-electron chi connectivity index (χ4n) is 0.0866. The van der Waals surface area contributed by atoms with Gasteiger partial charge in [-0.2, -0.15) is 14.5 Å². The Bertz CT molecular complexity index is 130. The van der Waals surface area contributed by atoms with Crippen molar-refractivity contribution in [3.8, 4) is 0 Å². The largest absolute Gasteiger partial charge is 0.746 e. The van der Waals surface area contributed by atoms with Gasteiger partial charge >= 0.3 is 6.29 Å². The van der Waals surface area contributed by atoms with E-state index in [1.807, 2.05) is 0 Å². The average Bonchev–Trinajstić information content (AvgIpc) is 1.72. The standard InChI is InChI=1S/C4HN3/c1-5-4(6-2)7-3/h4H. The van der Waals surface area contributed by atoms with E-state index in [0.717, 1.165) is 0 Å². The lowest BCUT2D eigenvalue weighted by atomic mass is 10.9. The van der Waals surface area contributed by atoms with E-state index in [1.165, 1.54) is 0 Å². The van der Waals surface area contributed by atoms with Gasteiger partial charge in [-0.1, -0.05) is 0 Å². The molecule has 0 rings (SSSR count). The molecule has 0 saturated carbocycles. The van der Waals surface area contributed by atoms with Crippen LogP contribution in [0.15, 0.2) is 0 Å². The molecule has 0 bridgehead atoms. The summed E-state index contributed by atoms with van der Waals surface area (Å²) in [6.45, 7) is 18.5. The lowest BCUT2D eigenvalue weighted by Gasteiger charge is -1.64. The third-order valence-corrected chi connectivity index (χ3v) is 0.346. The Balaban J connectivity index is 3.82. The van der Waals surface area contributed by atoms with E-state index in [-0.39, 0.29) is 0 Å². The minimum Gasteiger partial charge on any atom is -0.215 e. The molecule has 0 radical (unpaired) electrons. The third kappa shape index (κ3) is 1.36. The predicted molar refractivity (Wildman–Crippen MR) is 23.6 cm³/mol. The Hall–Kier alpha value is -1.53. The summed E-state index contributed by atoms with van der Waals surface area (Å²) in [7, 11) is 0. The second-order valence-electron chi connectivity index (χ2n) is 0.734. The Morgan fingerprint density at radius 3 is 1.14 bits per heavy atom. The van der Waals surface area contributed by atoms with Crippen LogP contribution in [0, 0.1) is 19.7 Å². The molecule has 0 aliphatic heterocycles. The van der Waals surface area contributed by atoms with Crippen LogP contribution in [0.4, 0.5) is 0 Å². The molecule has 0 atom stereocenters. The van der Waals surface area contributed by atoms with Crippen molar-refractivity contribution in [1.29, 1.82) is 0 Å². The van der Waals surface area contributed by atoms with Crippen molar-refractivity contribution in [2.75, 3.05) is 0 Å². The summed E-state index contributed by atoms with van der Waals surface area (Å²) in [4.78, 5) is 8.00. The van der Waals surface area contributed by atoms with E-state index in [9.17, 15) is 0 Å². The first-order chi connectivity index (χ1) is 3.35. The highest BCUT2D eigenvalue weighted by Crippen LogP contribution is 1.90. The van der Waals surface area contributed by atoms with Crippen molar-refractivity contribution in [2.24, 2.45) is 0 Å². The van der Waals surface area contributed by atoms with Gasteiger partial charge in [0.2, 0.25) is 0 Å². The van der Waals surface area contributed by atoms with Gasteiger partial charge < -0.3 is 0 Å². The SMILES string of the molecule is [C-]#[N+]C([N+]#[C-])[N+]#[C-]. The second-order valence-corrected chi connectivity index (χ2v) is 0.734. The van der Waals surface area contributed by atoms with E-state index in [2.05, 4.69) is 14.5 Å². The van der Waals surface area contributed by atoms with Crippen LogP contribution in [0.3, 0.4) is 0 Å². The molecule has 0 N–H and O–H groups in total. The van der Waals surface area contributed by atoms with Crippen molar-refractivity contribution in [2.45, 2.75) is 6.29 Å². The van der Waals surface area contributed by atoms with Gasteiger partial charge in [0.15, 0.2) is 0 Å². The molecule has 0 aromatic carbocycles. The number of hydrogen-bond acceptors (Lipinski definition) is 0. The summed E-state index contributed by atoms with van der Waals surface area (Å²) in [5.74, 6) is 0. The molecule has 0 aliphatic carbocycles. The van der Waals surface area contributed by atoms with Crippen molar-refractivity contribution in [3.05, 3.63) is 34.3 Å². The Morgan fingerprint density at radius 2 is 1.14 bits per heavy atom. The first-order valence-electron chi connectivity index (χ1n) is 1.45. The third-order valence-electron chi connectivity index (χ3n) is 0.346. The summed E-state index contributed by atoms with van der Waals surface area (Å²) >= 11 is 0. The quantitative estimate of drug-likeness (QED) is 0.395. The predicted octanol–water partition coefficient (Wildman–Crippen LogP) is 1.03. The van der Waals surface area contributed by atoms with Crippen molar-refractivity contribution in [1.82, 2.24) is 0 Å². The van der Waals surface area contributed by atoms with Gasteiger partial charge in [-0.05, 0) is 0 Å². The van der Waals surface area contributed by atoms with Gasteiger partial charge in [-0.25, -0.2) is 19.7 Å². The molecule has 0 spiro atoms. The highest BCUT2D eigenvalue weighted by molar-refractivity contribution is 4.93. The molecule has 0 fully saturated rings. The monoisotopic (exact) mass is 91.0 g/mol. The fraction of sp³-hybridized carbons (Fsp3) is 0.250. The zero-order chi connectivity index (χ0) is 5.70. The lowest BCUT2D eigenvalue weighted by molar-refractivity contribution is 1.22. The van der Waals surface area contributed by atoms with Crippen LogP contribution in [-0.4, -0.2) is 6.29 Å². The lowest BCUT2D eigenvalue weighted by Crippen LogP contribution is -1.79. The Kier molecular flexibility index (Phi) is 2.10. The molecule has 0 amide bonds. The molecule has 3 heteroatoms. The van der Waals surface area contributed by atoms with Crippen LogP contribution >= 0.6 is 0 Å². The second kappa shape index (κ2) is 2.69. The molecule has 32 valence electrons. The van der Waals surface area contributed by atoms with Crippen LogP contribution in [0.5, 0.6) is 0 Å². The van der Waals surface area contributed by atoms with Crippen LogP contribution in [0.25, 0.3) is 14.5 Å². The highest BCUT2D eigenvalue weighted by atomic mass is 15.1. The van der Waals surface area contributed by atoms with Gasteiger partial charge in [-0.3, -0.25) is 0 Å². The molecule has 3 nitrogen and oxygen atoms in total. The average molecular weight is 91.1 g/mol. The minimum absolute atomic E-state index is 1.14. The molecule has 0 aromatic rings. The summed E-state index contributed by atoms with van der Waals surface area (Å²) in [6.07, 6.45) is -1.14. The van der Waals surface area contributed by atoms with Crippen molar-refractivity contribution >= 4 is 0 Å². The van der Waals surface area contributed by atoms with Crippen molar-refractivity contribution < 1.29 is 0 Å². The van der Waals surface area contributed by atoms with Crippen LogP contribution < -0.4 is 0 Å². The molecule has 7 heavy (non-hydrogen) atoms. The van der Waals surface area contributed by atoms with E-state index in [4.69, 9.17) is 19.7 Å². The van der Waals surface area contributed by atoms with Gasteiger partial charge in [0.1, 0.15) is 0 Å². The van der Waals surface area contributed by atoms with Crippen molar-refractivity contribution in [3.63, 3.8) is 0 Å². The summed E-state index contributed by atoms with van der Waals surface area (Å²) < 4.78 is 0. The van der Waals surface area contributed by atoms with E-state index < -0.39 is 6.29 Å². The topological polar surface area (TPSA) is 13.1 Å². The van der Waals surface area contributed by atoms with Crippen LogP contribution in [-0.2, 0) is 0 Å². The molecule has 0 aromatic heterocycles. The molecule has 0 saturated heterocycles. The van der Waals surface area contributed by atoms with Gasteiger partial charge in [0, 0.05) is 0 Å².